The number of halogens is 2. The van der Waals surface area contributed by atoms with E-state index in [9.17, 15) is 39.6 Å². The molecule has 2 aromatic heterocycles. The third kappa shape index (κ3) is 53.3. The number of alkyl carbamates (subject to hydrolysis) is 4. The van der Waals surface area contributed by atoms with E-state index in [2.05, 4.69) is 187 Å². The fraction of sp³-hybridized carbons (Fsp3) is 0.604. The molecule has 0 radical (unpaired) electrons. The van der Waals surface area contributed by atoms with E-state index >= 15 is 0 Å². The maximum absolute atomic E-state index is 12.0. The number of nitrogens with two attached hydrogens (primary N) is 1. The van der Waals surface area contributed by atoms with Gasteiger partial charge < -0.3 is 96.9 Å². The number of amides is 4. The average Bonchev–Trinajstić information content (AvgIpc) is 0.850. The third-order valence-corrected chi connectivity index (χ3v) is 26.3. The first-order chi connectivity index (χ1) is 69.5. The number of hydrogen-bond acceptors (Lipinski definition) is 28. The van der Waals surface area contributed by atoms with Crippen molar-refractivity contribution in [2.24, 2.45) is 53.1 Å². The molecule has 13 rings (SSSR count). The number of carbonyl (C=O) groups is 4. The molecule has 5 aromatic carbocycles. The number of nitrogens with one attached hydrogen (secondary N) is 8. The van der Waals surface area contributed by atoms with Gasteiger partial charge in [-0.25, -0.2) is 39.3 Å². The number of rotatable bonds is 28. The van der Waals surface area contributed by atoms with Gasteiger partial charge in [0.2, 0.25) is 16.8 Å². The minimum Gasteiger partial charge on any atom is -0.595 e. The normalized spacial score (nSPS) is 17.3. The Morgan fingerprint density at radius 2 is 0.871 bits per heavy atom. The van der Waals surface area contributed by atoms with Crippen molar-refractivity contribution >= 4 is 92.0 Å². The molecule has 13 N–H and O–H groups in total. The molecule has 147 heavy (non-hydrogen) atoms. The summed E-state index contributed by atoms with van der Waals surface area (Å²) in [5.41, 5.74) is 12.4. The van der Waals surface area contributed by atoms with Gasteiger partial charge in [-0.15, -0.1) is 0 Å². The zero-order valence-corrected chi connectivity index (χ0v) is 91.7. The number of benzene rings is 5. The largest absolute Gasteiger partial charge is 0.595 e. The number of nitro groups is 1. The van der Waals surface area contributed by atoms with Crippen molar-refractivity contribution < 1.29 is 63.7 Å². The lowest BCUT2D eigenvalue weighted by molar-refractivity contribution is -0.991. The highest BCUT2D eigenvalue weighted by molar-refractivity contribution is 9.10. The van der Waals surface area contributed by atoms with E-state index in [-0.39, 0.29) is 73.3 Å². The maximum atomic E-state index is 12.0. The molecule has 34 nitrogen and oxygen atoms in total. The molecule has 6 heterocycles. The Morgan fingerprint density at radius 1 is 0.503 bits per heavy atom. The van der Waals surface area contributed by atoms with Crippen molar-refractivity contribution in [1.29, 1.82) is 10.5 Å². The Labute approximate surface area is 888 Å². The zero-order valence-electron chi connectivity index (χ0n) is 89.4. The summed E-state index contributed by atoms with van der Waals surface area (Å²) in [6.07, 6.45) is 19.0. The topological polar surface area (TPSA) is 459 Å². The molecule has 2 saturated carbocycles. The number of piperidine rings is 4. The van der Waals surface area contributed by atoms with Crippen molar-refractivity contribution in [2.45, 2.75) is 263 Å². The van der Waals surface area contributed by atoms with Crippen LogP contribution in [0.1, 0.15) is 248 Å². The van der Waals surface area contributed by atoms with E-state index in [0.29, 0.717) is 110 Å². The summed E-state index contributed by atoms with van der Waals surface area (Å²) >= 11 is 8.95. The Balaban J connectivity index is 0.000000315. The molecule has 2 aliphatic carbocycles. The Bertz CT molecular complexity index is 5020. The second-order valence-corrected chi connectivity index (χ2v) is 43.3. The summed E-state index contributed by atoms with van der Waals surface area (Å²) in [5, 5.41) is 87.6. The number of hydrogen-bond donors (Lipinski definition) is 12. The molecular formula is C111H172BrClN20O14. The first kappa shape index (κ1) is 127. The van der Waals surface area contributed by atoms with Crippen LogP contribution in [0.4, 0.5) is 59.3 Å². The SMILES string of the molecule is C.CC(C)(C)OC(=O)NCC1CCN(c2cccc(C#N)c2)CC1.CC(C)(C)OC(=O)NCC1CCN(c2cccc(CCc3ncc([N+](=O)[O-])c(NCC4CCC(CO)CC4)n3)c2)CC1.CC(C)(C)OC(=O)NCC1CCN(c2cccc(CN)c2)CC1.CC(C)(C)OC(=O)NCC1CCNCC1.CCN(CC)CC.Cc1ccccc1.N#Cc1cccc(Br)c1.[O-][NH+](O)c1cnc(Cl)nc1NCC1CCC(CO)CC1. The molecule has 1 unspecified atom stereocenters. The van der Waals surface area contributed by atoms with E-state index in [1.807, 2.05) is 144 Å². The van der Waals surface area contributed by atoms with E-state index in [0.717, 1.165) is 184 Å². The number of nitrogens with zero attached hydrogens (tertiary/aromatic N) is 11. The van der Waals surface area contributed by atoms with Crippen molar-refractivity contribution in [3.63, 3.8) is 0 Å². The predicted molar refractivity (Wildman–Crippen MR) is 590 cm³/mol. The second-order valence-electron chi connectivity index (χ2n) is 42.0. The number of nitriles is 2. The molecule has 0 bridgehead atoms. The number of aliphatic hydroxyl groups excluding tert-OH is 2. The Kier molecular flexibility index (Phi) is 58.0. The molecule has 814 valence electrons. The molecule has 6 fully saturated rings. The molecule has 1 atom stereocenters. The standard InChI is InChI=1S/C31H46N6O5.C18H29N3O2.C18H25N3O2.C12H19ClN4O3.C11H22N2O2.C7H4BrN.C7H8.C6H15N.CH4/c1-31(2,3)42-30(39)34-19-24-13-15-36(16-14-24)26-6-4-5-22(17-26)11-12-28-32-20-27(37(40)41)29(35-28)33-18-23-7-9-25(21-38)10-8-23;2*1-18(2,3)23-17(22)20-13-14-7-9-21(10-8-14)16-6-4-5-15(11-16)12-19;13-12-15-6-10(17(19)20)11(16-12)14-5-8-1-3-9(7-18)4-2-8;1-11(2,3)15-10(14)13-8-9-4-6-12-7-5-9;8-7-3-1-2-6(4-7)5-9;1-7-5-3-2-4-6-7;1-4-7(5-2)6-3;/h4-6,17,20,23-25,38H,7-16,18-19,21H2,1-3H3,(H,34,39)(H,32,33,35);4-6,11,14H,7-10,12-13,19H2,1-3H3,(H,20,22);4-6,11,14H,7-10,13H2,1-3H3,(H,20,22);6,8-9,17-19H,1-5,7H2,(H,14,15,16);9,12H,4-8H2,1-3H3,(H,13,14);1-4H;2-6H,1H3;4-6H2,1-3H3;1H4. The van der Waals surface area contributed by atoms with Gasteiger partial charge in [0.25, 0.3) is 0 Å². The van der Waals surface area contributed by atoms with E-state index in [1.165, 1.54) is 54.5 Å². The van der Waals surface area contributed by atoms with Crippen molar-refractivity contribution in [3.05, 3.63) is 199 Å². The minimum atomic E-state index is -1.08. The summed E-state index contributed by atoms with van der Waals surface area (Å²) in [4.78, 5) is 83.8. The Hall–Kier alpha value is -10.8. The van der Waals surface area contributed by atoms with Gasteiger partial charge in [0.15, 0.2) is 5.82 Å². The summed E-state index contributed by atoms with van der Waals surface area (Å²) in [5.74, 6) is 4.80. The molecule has 7 aromatic rings. The fourth-order valence-corrected chi connectivity index (χ4v) is 17.7. The number of anilines is 5. The summed E-state index contributed by atoms with van der Waals surface area (Å²) in [7, 11) is 0. The Morgan fingerprint density at radius 3 is 1.22 bits per heavy atom. The van der Waals surface area contributed by atoms with Crippen LogP contribution < -0.4 is 62.9 Å². The first-order valence-electron chi connectivity index (χ1n) is 52.0. The highest BCUT2D eigenvalue weighted by Gasteiger charge is 2.30. The molecular weight excluding hydrogens is 1950 g/mol. The van der Waals surface area contributed by atoms with Gasteiger partial charge >= 0.3 is 30.1 Å². The van der Waals surface area contributed by atoms with Gasteiger partial charge in [-0.1, -0.05) is 116 Å². The number of ether oxygens (including phenoxy) is 4. The number of aryl methyl sites for hydroxylation is 3. The van der Waals surface area contributed by atoms with Gasteiger partial charge in [0, 0.05) is 126 Å². The van der Waals surface area contributed by atoms with Crippen LogP contribution in [-0.2, 0) is 38.3 Å². The second kappa shape index (κ2) is 67.3. The van der Waals surface area contributed by atoms with Gasteiger partial charge in [-0.2, -0.15) is 20.7 Å². The maximum Gasteiger partial charge on any atom is 0.407 e. The monoisotopic (exact) mass is 2120 g/mol. The molecule has 4 aliphatic heterocycles. The van der Waals surface area contributed by atoms with Gasteiger partial charge in [-0.3, -0.25) is 10.1 Å². The lowest BCUT2D eigenvalue weighted by Gasteiger charge is -2.34. The first-order valence-corrected chi connectivity index (χ1v) is 53.2. The molecule has 6 aliphatic rings. The summed E-state index contributed by atoms with van der Waals surface area (Å²) in [6, 6.07) is 46.4. The van der Waals surface area contributed by atoms with Crippen molar-refractivity contribution in [3.8, 4) is 12.1 Å². The fourth-order valence-electron chi connectivity index (χ4n) is 17.2. The van der Waals surface area contributed by atoms with E-state index in [4.69, 9.17) is 57.1 Å². The van der Waals surface area contributed by atoms with Crippen LogP contribution in [0.25, 0.3) is 0 Å². The minimum absolute atomic E-state index is 0. The lowest BCUT2D eigenvalue weighted by Crippen LogP contribution is -2.99. The van der Waals surface area contributed by atoms with Crippen molar-refractivity contribution in [1.82, 2.24) is 51.4 Å². The molecule has 0 spiro atoms. The van der Waals surface area contributed by atoms with E-state index < -0.39 is 32.6 Å². The summed E-state index contributed by atoms with van der Waals surface area (Å²) in [6.45, 7) is 47.5. The highest BCUT2D eigenvalue weighted by Crippen LogP contribution is 2.34. The molecule has 36 heteroatoms. The number of quaternary nitrogens is 1. The third-order valence-electron chi connectivity index (χ3n) is 25.6. The van der Waals surface area contributed by atoms with Gasteiger partial charge in [-0.05, 0) is 363 Å². The summed E-state index contributed by atoms with van der Waals surface area (Å²) < 4.78 is 22.0. The van der Waals surface area contributed by atoms with Crippen LogP contribution in [0.3, 0.4) is 0 Å². The molecule has 4 amide bonds. The average molecular weight is 2130 g/mol. The number of aliphatic hydroxyl groups is 2. The van der Waals surface area contributed by atoms with Crippen LogP contribution in [0, 0.1) is 92.3 Å². The molecule has 4 saturated heterocycles. The zero-order chi connectivity index (χ0) is 107. The number of carbonyl (C=O) groups excluding carboxylic acids is 4. The van der Waals surface area contributed by atoms with Crippen molar-refractivity contribution in [2.75, 3.05) is 150 Å². The van der Waals surface area contributed by atoms with Gasteiger partial charge in [0.1, 0.15) is 34.4 Å². The van der Waals surface area contributed by atoms with E-state index in [1.54, 1.807) is 12.1 Å². The smallest absolute Gasteiger partial charge is 0.407 e. The van der Waals surface area contributed by atoms with Gasteiger partial charge in [0.05, 0.1) is 34.4 Å². The number of aromatic nitrogens is 4. The van der Waals surface area contributed by atoms with Crippen LogP contribution in [0.15, 0.2) is 144 Å². The predicted octanol–water partition coefficient (Wildman–Crippen LogP) is 19.9. The quantitative estimate of drug-likeness (QED) is 0.00938. The highest BCUT2D eigenvalue weighted by atomic mass is 79.9. The van der Waals surface area contributed by atoms with Crippen LogP contribution in [0.2, 0.25) is 5.28 Å². The van der Waals surface area contributed by atoms with Crippen LogP contribution >= 0.6 is 27.5 Å². The lowest BCUT2D eigenvalue weighted by atomic mass is 9.82. The van der Waals surface area contributed by atoms with Crippen LogP contribution in [-0.4, -0.2) is 216 Å². The van der Waals surface area contributed by atoms with Crippen LogP contribution in [0.5, 0.6) is 0 Å².